The molecule has 0 aliphatic carbocycles. The van der Waals surface area contributed by atoms with Crippen LogP contribution in [0.1, 0.15) is 17.9 Å². The Kier molecular flexibility index (Phi) is 5.49. The van der Waals surface area contributed by atoms with Crippen molar-refractivity contribution in [3.05, 3.63) is 70.3 Å². The van der Waals surface area contributed by atoms with Gasteiger partial charge in [0.1, 0.15) is 11.6 Å². The molecule has 2 aromatic carbocycles. The van der Waals surface area contributed by atoms with Crippen molar-refractivity contribution in [2.24, 2.45) is 13.0 Å². The highest BCUT2D eigenvalue weighted by Gasteiger charge is 2.35. The molecule has 0 saturated carbocycles. The van der Waals surface area contributed by atoms with Crippen LogP contribution in [0, 0.1) is 21.8 Å². The number of imidazole rings is 1. The second kappa shape index (κ2) is 8.61. The summed E-state index contributed by atoms with van der Waals surface area (Å²) in [4.78, 5) is 17.0. The summed E-state index contributed by atoms with van der Waals surface area (Å²) in [5.74, 6) is 2.12. The van der Waals surface area contributed by atoms with Crippen LogP contribution in [0.3, 0.4) is 0 Å². The van der Waals surface area contributed by atoms with E-state index in [4.69, 9.17) is 14.2 Å². The molecule has 2 atom stereocenters. The average Bonchev–Trinajstić information content (AvgIpc) is 3.44. The first-order valence-corrected chi connectivity index (χ1v) is 10.7. The van der Waals surface area contributed by atoms with Gasteiger partial charge in [-0.3, -0.25) is 4.57 Å². The number of aryl methyl sites for hydroxylation is 1. The monoisotopic (exact) mass is 454 g/mol. The zero-order chi connectivity index (χ0) is 22.9. The number of piperidine rings is 1. The number of hydrogen-bond donors (Lipinski definition) is 0. The van der Waals surface area contributed by atoms with Crippen LogP contribution < -0.4 is 19.1 Å². The molecule has 172 valence electrons. The highest BCUT2D eigenvalue weighted by molar-refractivity contribution is 5.55. The number of anilines is 1. The number of halogens is 1. The molecule has 3 aromatic rings. The zero-order valence-electron chi connectivity index (χ0n) is 18.0. The molecule has 9 nitrogen and oxygen atoms in total. The smallest absolute Gasteiger partial charge is 0.406 e. The first kappa shape index (κ1) is 21.0. The topological polar surface area (TPSA) is 91.9 Å². The largest absolute Gasteiger partial charge is 0.493 e. The molecule has 1 saturated heterocycles. The molecular formula is C23H23FN4O5. The molecule has 0 N–H and O–H groups in total. The molecule has 1 aromatic heterocycles. The van der Waals surface area contributed by atoms with Gasteiger partial charge in [0, 0.05) is 32.1 Å². The van der Waals surface area contributed by atoms with Crippen LogP contribution >= 0.6 is 0 Å². The van der Waals surface area contributed by atoms with Gasteiger partial charge in [-0.2, -0.15) is 0 Å². The number of nitrogens with zero attached hydrogens (tertiary/aromatic N) is 4. The molecule has 5 rings (SSSR count). The Morgan fingerprint density at radius 1 is 1.21 bits per heavy atom. The van der Waals surface area contributed by atoms with Crippen molar-refractivity contribution in [1.29, 1.82) is 0 Å². The van der Waals surface area contributed by atoms with Crippen LogP contribution in [-0.2, 0) is 7.05 Å². The molecule has 2 unspecified atom stereocenters. The molecule has 0 bridgehead atoms. The summed E-state index contributed by atoms with van der Waals surface area (Å²) in [6, 6.07) is 12.0. The molecule has 10 heteroatoms. The molecule has 0 spiro atoms. The number of hydrogen-bond acceptors (Lipinski definition) is 7. The van der Waals surface area contributed by atoms with Crippen molar-refractivity contribution in [2.45, 2.75) is 12.3 Å². The molecule has 0 radical (unpaired) electrons. The number of rotatable bonds is 6. The lowest BCUT2D eigenvalue weighted by atomic mass is 9.81. The lowest BCUT2D eigenvalue weighted by Crippen LogP contribution is -2.43. The zero-order valence-corrected chi connectivity index (χ0v) is 18.0. The number of nitro groups is 1. The summed E-state index contributed by atoms with van der Waals surface area (Å²) >= 11 is 0. The Balaban J connectivity index is 1.39. The number of aromatic nitrogens is 2. The normalized spacial score (nSPS) is 19.5. The average molecular weight is 454 g/mol. The second-order valence-corrected chi connectivity index (χ2v) is 8.24. The SMILES string of the molecule is Cn1cnc([N+](=O)[O-])c1N1CCC(c2ccc(F)cc2)C(COc2ccc3c(c2)OCO3)C1. The highest BCUT2D eigenvalue weighted by atomic mass is 19.1. The quantitative estimate of drug-likeness (QED) is 0.412. The van der Waals surface area contributed by atoms with E-state index in [0.717, 1.165) is 12.0 Å². The van der Waals surface area contributed by atoms with Crippen molar-refractivity contribution in [2.75, 3.05) is 31.4 Å². The second-order valence-electron chi connectivity index (χ2n) is 8.24. The van der Waals surface area contributed by atoms with Crippen molar-refractivity contribution in [1.82, 2.24) is 9.55 Å². The molecule has 0 amide bonds. The minimum absolute atomic E-state index is 0.00383. The Morgan fingerprint density at radius 2 is 2.00 bits per heavy atom. The van der Waals surface area contributed by atoms with E-state index in [1.165, 1.54) is 18.5 Å². The Bertz CT molecular complexity index is 1170. The fourth-order valence-electron chi connectivity index (χ4n) is 4.62. The third kappa shape index (κ3) is 4.15. The van der Waals surface area contributed by atoms with Gasteiger partial charge in [0.05, 0.1) is 6.61 Å². The first-order chi connectivity index (χ1) is 16.0. The van der Waals surface area contributed by atoms with Crippen LogP contribution in [0.15, 0.2) is 48.8 Å². The van der Waals surface area contributed by atoms with Crippen LogP contribution in [0.25, 0.3) is 0 Å². The van der Waals surface area contributed by atoms with E-state index < -0.39 is 4.92 Å². The summed E-state index contributed by atoms with van der Waals surface area (Å²) in [6.45, 7) is 1.71. The predicted molar refractivity (Wildman–Crippen MR) is 117 cm³/mol. The van der Waals surface area contributed by atoms with E-state index in [0.29, 0.717) is 42.8 Å². The van der Waals surface area contributed by atoms with Crippen LogP contribution in [0.4, 0.5) is 16.0 Å². The molecule has 2 aliphatic rings. The van der Waals surface area contributed by atoms with Crippen LogP contribution in [0.5, 0.6) is 17.2 Å². The van der Waals surface area contributed by atoms with Gasteiger partial charge in [0.15, 0.2) is 11.5 Å². The van der Waals surface area contributed by atoms with Gasteiger partial charge >= 0.3 is 5.82 Å². The van der Waals surface area contributed by atoms with Gasteiger partial charge in [-0.1, -0.05) is 12.1 Å². The highest BCUT2D eigenvalue weighted by Crippen LogP contribution is 2.39. The lowest BCUT2D eigenvalue weighted by molar-refractivity contribution is -0.388. The summed E-state index contributed by atoms with van der Waals surface area (Å²) in [6.07, 6.45) is 2.20. The van der Waals surface area contributed by atoms with E-state index in [1.54, 1.807) is 35.9 Å². The third-order valence-electron chi connectivity index (χ3n) is 6.20. The van der Waals surface area contributed by atoms with E-state index in [9.17, 15) is 14.5 Å². The maximum atomic E-state index is 13.5. The fraction of sp³-hybridized carbons (Fsp3) is 0.348. The lowest BCUT2D eigenvalue weighted by Gasteiger charge is -2.39. The van der Waals surface area contributed by atoms with Gasteiger partial charge in [0.25, 0.3) is 0 Å². The van der Waals surface area contributed by atoms with Crippen molar-refractivity contribution < 1.29 is 23.5 Å². The Hall–Kier alpha value is -3.82. The predicted octanol–water partition coefficient (Wildman–Crippen LogP) is 3.89. The van der Waals surface area contributed by atoms with Gasteiger partial charge < -0.3 is 29.2 Å². The third-order valence-corrected chi connectivity index (χ3v) is 6.20. The first-order valence-electron chi connectivity index (χ1n) is 10.7. The van der Waals surface area contributed by atoms with Crippen molar-refractivity contribution >= 4 is 11.6 Å². The number of fused-ring (bicyclic) bond motifs is 1. The molecule has 1 fully saturated rings. The van der Waals surface area contributed by atoms with Crippen molar-refractivity contribution in [3.8, 4) is 17.2 Å². The van der Waals surface area contributed by atoms with Crippen molar-refractivity contribution in [3.63, 3.8) is 0 Å². The maximum Gasteiger partial charge on any atom is 0.406 e. The Labute approximate surface area is 189 Å². The summed E-state index contributed by atoms with van der Waals surface area (Å²) in [7, 11) is 1.75. The van der Waals surface area contributed by atoms with Crippen LogP contribution in [0.2, 0.25) is 0 Å². The Morgan fingerprint density at radius 3 is 2.79 bits per heavy atom. The molecule has 33 heavy (non-hydrogen) atoms. The molecule has 3 heterocycles. The number of benzene rings is 2. The van der Waals surface area contributed by atoms with Crippen LogP contribution in [-0.4, -0.2) is 41.0 Å². The van der Waals surface area contributed by atoms with Gasteiger partial charge in [-0.05, 0) is 52.1 Å². The molecular weight excluding hydrogens is 431 g/mol. The minimum atomic E-state index is -0.459. The van der Waals surface area contributed by atoms with E-state index in [1.807, 2.05) is 11.0 Å². The summed E-state index contributed by atoms with van der Waals surface area (Å²) < 4.78 is 32.1. The van der Waals surface area contributed by atoms with E-state index in [-0.39, 0.29) is 30.3 Å². The fourth-order valence-corrected chi connectivity index (χ4v) is 4.62. The number of ether oxygens (including phenoxy) is 3. The van der Waals surface area contributed by atoms with E-state index in [2.05, 4.69) is 4.98 Å². The maximum absolute atomic E-state index is 13.5. The molecule has 2 aliphatic heterocycles. The van der Waals surface area contributed by atoms with E-state index >= 15 is 0 Å². The summed E-state index contributed by atoms with van der Waals surface area (Å²) in [5, 5.41) is 11.5. The minimum Gasteiger partial charge on any atom is -0.493 e. The standard InChI is InChI=1S/C23H23FN4O5/c1-26-13-25-22(28(29)30)23(26)27-9-8-19(15-2-4-17(24)5-3-15)16(11-27)12-31-18-6-7-20-21(10-18)33-14-32-20/h2-7,10,13,16,19H,8-9,11-12,14H2,1H3. The van der Waals surface area contributed by atoms with Gasteiger partial charge in [-0.25, -0.2) is 4.39 Å². The van der Waals surface area contributed by atoms with Gasteiger partial charge in [-0.15, -0.1) is 0 Å². The van der Waals surface area contributed by atoms with Gasteiger partial charge in [0.2, 0.25) is 18.9 Å². The summed E-state index contributed by atoms with van der Waals surface area (Å²) in [5.41, 5.74) is 1.02.